The van der Waals surface area contributed by atoms with Crippen molar-refractivity contribution in [2.24, 2.45) is 5.10 Å². The van der Waals surface area contributed by atoms with Crippen LogP contribution in [0.3, 0.4) is 0 Å². The highest BCUT2D eigenvalue weighted by Gasteiger charge is 2.51. The third kappa shape index (κ3) is 2.40. The lowest BCUT2D eigenvalue weighted by Gasteiger charge is -2.33. The van der Waals surface area contributed by atoms with Crippen LogP contribution in [0.2, 0.25) is 0 Å². The summed E-state index contributed by atoms with van der Waals surface area (Å²) in [5.41, 5.74) is 5.08. The Kier molecular flexibility index (Phi) is 3.61. The van der Waals surface area contributed by atoms with Crippen molar-refractivity contribution in [1.29, 1.82) is 0 Å². The van der Waals surface area contributed by atoms with Gasteiger partial charge in [-0.25, -0.2) is 5.01 Å². The molecule has 0 radical (unpaired) electrons. The highest BCUT2D eigenvalue weighted by atomic mass is 32.2. The summed E-state index contributed by atoms with van der Waals surface area (Å²) in [7, 11) is 0. The molecule has 0 aromatic heterocycles. The molecule has 5 rings (SSSR count). The van der Waals surface area contributed by atoms with E-state index >= 15 is 0 Å². The van der Waals surface area contributed by atoms with Crippen LogP contribution in [-0.2, 0) is 9.96 Å². The Morgan fingerprint density at radius 2 is 1.48 bits per heavy atom. The summed E-state index contributed by atoms with van der Waals surface area (Å²) < 4.78 is -0.219. The van der Waals surface area contributed by atoms with Gasteiger partial charge in [0.25, 0.3) is 0 Å². The Hall–Kier alpha value is -2.17. The monoisotopic (exact) mass is 360 g/mol. The molecule has 0 fully saturated rings. The molecule has 2 aliphatic heterocycles. The molecule has 0 saturated heterocycles. The van der Waals surface area contributed by atoms with Crippen LogP contribution in [0.25, 0.3) is 0 Å². The van der Waals surface area contributed by atoms with Gasteiger partial charge in [-0.2, -0.15) is 5.10 Å². The summed E-state index contributed by atoms with van der Waals surface area (Å²) in [6.45, 7) is 0. The third-order valence-corrected chi connectivity index (χ3v) is 7.53. The minimum absolute atomic E-state index is 0.219. The highest BCUT2D eigenvalue weighted by Crippen LogP contribution is 2.61. The Balaban J connectivity index is 1.67. The van der Waals surface area contributed by atoms with Gasteiger partial charge in [-0.15, -0.1) is 11.8 Å². The maximum Gasteiger partial charge on any atom is 0.186 e. The Bertz CT molecular complexity index is 940. The number of thioether (sulfide) groups is 2. The normalized spacial score (nSPS) is 21.4. The fourth-order valence-corrected chi connectivity index (χ4v) is 6.37. The molecule has 0 saturated carbocycles. The SMILES string of the molecule is c1ccc(C2=NN(c3ccccc3)[C@@]3(SCc4ccccc43)S2)cc1. The van der Waals surface area contributed by atoms with E-state index in [2.05, 4.69) is 83.9 Å². The number of anilines is 1. The van der Waals surface area contributed by atoms with Crippen LogP contribution in [0.1, 0.15) is 16.7 Å². The van der Waals surface area contributed by atoms with Crippen molar-refractivity contribution >= 4 is 34.3 Å². The number of hydrogen-bond acceptors (Lipinski definition) is 4. The van der Waals surface area contributed by atoms with Crippen molar-refractivity contribution in [3.63, 3.8) is 0 Å². The molecule has 4 heteroatoms. The molecule has 122 valence electrons. The number of hydrogen-bond donors (Lipinski definition) is 0. The Morgan fingerprint density at radius 1 is 0.800 bits per heavy atom. The second kappa shape index (κ2) is 5.97. The highest BCUT2D eigenvalue weighted by molar-refractivity contribution is 8.26. The molecule has 2 nitrogen and oxygen atoms in total. The van der Waals surface area contributed by atoms with E-state index in [1.807, 2.05) is 29.6 Å². The van der Waals surface area contributed by atoms with Gasteiger partial charge in [0.05, 0.1) is 5.69 Å². The molecule has 2 heterocycles. The van der Waals surface area contributed by atoms with Gasteiger partial charge in [0, 0.05) is 16.9 Å². The van der Waals surface area contributed by atoms with Gasteiger partial charge >= 0.3 is 0 Å². The summed E-state index contributed by atoms with van der Waals surface area (Å²) in [4.78, 5) is 0. The number of hydrazone groups is 1. The van der Waals surface area contributed by atoms with Gasteiger partial charge in [0.15, 0.2) is 4.20 Å². The molecular formula is C21H16N2S2. The lowest BCUT2D eigenvalue weighted by Crippen LogP contribution is -2.32. The third-order valence-electron chi connectivity index (χ3n) is 4.51. The van der Waals surface area contributed by atoms with E-state index in [0.717, 1.165) is 16.5 Å². The standard InChI is InChI=1S/C21H16N2S2/c1-3-9-16(10-4-1)20-22-23(18-12-5-2-6-13-18)21(25-20)19-14-8-7-11-17(19)15-24-21/h1-14H,15H2/t21-/m0/s1. The average molecular weight is 361 g/mol. The minimum atomic E-state index is -0.219. The second-order valence-corrected chi connectivity index (χ2v) is 8.66. The van der Waals surface area contributed by atoms with E-state index in [1.165, 1.54) is 16.7 Å². The van der Waals surface area contributed by atoms with Crippen LogP contribution in [0, 0.1) is 0 Å². The molecule has 0 amide bonds. The molecule has 3 aromatic carbocycles. The predicted octanol–water partition coefficient (Wildman–Crippen LogP) is 5.66. The zero-order chi connectivity index (χ0) is 16.7. The van der Waals surface area contributed by atoms with Gasteiger partial charge < -0.3 is 0 Å². The summed E-state index contributed by atoms with van der Waals surface area (Å²) >= 11 is 3.81. The van der Waals surface area contributed by atoms with Gasteiger partial charge in [-0.1, -0.05) is 84.6 Å². The quantitative estimate of drug-likeness (QED) is 0.586. The fraction of sp³-hybridized carbons (Fsp3) is 0.0952. The van der Waals surface area contributed by atoms with Gasteiger partial charge in [0.2, 0.25) is 0 Å². The van der Waals surface area contributed by atoms with Crippen molar-refractivity contribution in [1.82, 2.24) is 0 Å². The van der Waals surface area contributed by atoms with Crippen LogP contribution in [0.5, 0.6) is 0 Å². The Labute approximate surface area is 156 Å². The number of fused-ring (bicyclic) bond motifs is 2. The topological polar surface area (TPSA) is 15.6 Å². The van der Waals surface area contributed by atoms with E-state index in [1.54, 1.807) is 0 Å². The van der Waals surface area contributed by atoms with E-state index < -0.39 is 0 Å². The lowest BCUT2D eigenvalue weighted by atomic mass is 10.1. The molecule has 2 aliphatic rings. The number of rotatable bonds is 2. The first-order valence-electron chi connectivity index (χ1n) is 8.27. The van der Waals surface area contributed by atoms with Crippen LogP contribution < -0.4 is 5.01 Å². The molecule has 3 aromatic rings. The molecule has 1 atom stereocenters. The van der Waals surface area contributed by atoms with Gasteiger partial charge in [-0.3, -0.25) is 0 Å². The predicted molar refractivity (Wildman–Crippen MR) is 109 cm³/mol. The van der Waals surface area contributed by atoms with Crippen molar-refractivity contribution in [2.45, 2.75) is 9.96 Å². The summed E-state index contributed by atoms with van der Waals surface area (Å²) in [5, 5.41) is 8.34. The van der Waals surface area contributed by atoms with E-state index in [9.17, 15) is 0 Å². The van der Waals surface area contributed by atoms with Crippen LogP contribution >= 0.6 is 23.5 Å². The lowest BCUT2D eigenvalue weighted by molar-refractivity contribution is 0.807. The first-order valence-corrected chi connectivity index (χ1v) is 10.1. The molecule has 25 heavy (non-hydrogen) atoms. The number of benzene rings is 3. The molecule has 0 N–H and O–H groups in total. The van der Waals surface area contributed by atoms with Gasteiger partial charge in [0.1, 0.15) is 5.04 Å². The largest absolute Gasteiger partial charge is 0.233 e. The van der Waals surface area contributed by atoms with Crippen molar-refractivity contribution < 1.29 is 0 Å². The average Bonchev–Trinajstić information content (AvgIpc) is 3.26. The minimum Gasteiger partial charge on any atom is -0.233 e. The van der Waals surface area contributed by atoms with E-state index in [4.69, 9.17) is 5.10 Å². The Morgan fingerprint density at radius 3 is 2.28 bits per heavy atom. The van der Waals surface area contributed by atoms with E-state index in [0.29, 0.717) is 0 Å². The molecule has 0 aliphatic carbocycles. The van der Waals surface area contributed by atoms with E-state index in [-0.39, 0.29) is 4.20 Å². The smallest absolute Gasteiger partial charge is 0.186 e. The maximum atomic E-state index is 5.05. The first-order chi connectivity index (χ1) is 12.4. The zero-order valence-electron chi connectivity index (χ0n) is 13.5. The van der Waals surface area contributed by atoms with Crippen LogP contribution in [0.15, 0.2) is 90.0 Å². The molecule has 0 bridgehead atoms. The molecule has 0 unspecified atom stereocenters. The zero-order valence-corrected chi connectivity index (χ0v) is 15.1. The van der Waals surface area contributed by atoms with Gasteiger partial charge in [-0.05, 0) is 17.7 Å². The summed E-state index contributed by atoms with van der Waals surface area (Å²) in [5.74, 6) is 1.02. The number of nitrogens with zero attached hydrogens (tertiary/aromatic N) is 2. The van der Waals surface area contributed by atoms with Crippen LogP contribution in [-0.4, -0.2) is 5.04 Å². The second-order valence-electron chi connectivity index (χ2n) is 6.05. The summed E-state index contributed by atoms with van der Waals surface area (Å²) in [6.07, 6.45) is 0. The van der Waals surface area contributed by atoms with Crippen molar-refractivity contribution in [3.05, 3.63) is 102 Å². The fourth-order valence-electron chi connectivity index (χ4n) is 3.31. The summed E-state index contributed by atoms with van der Waals surface area (Å²) in [6, 6.07) is 29.7. The molecular weight excluding hydrogens is 344 g/mol. The van der Waals surface area contributed by atoms with Crippen molar-refractivity contribution in [2.75, 3.05) is 5.01 Å². The molecule has 1 spiro atoms. The number of para-hydroxylation sites is 1. The van der Waals surface area contributed by atoms with Crippen LogP contribution in [0.4, 0.5) is 5.69 Å². The first kappa shape index (κ1) is 15.1. The maximum absolute atomic E-state index is 5.05. The van der Waals surface area contributed by atoms with Crippen molar-refractivity contribution in [3.8, 4) is 0 Å².